The lowest BCUT2D eigenvalue weighted by atomic mass is 10.6. The first-order valence-electron chi connectivity index (χ1n) is 2.56. The summed E-state index contributed by atoms with van der Waals surface area (Å²) in [5.41, 5.74) is 1.59. The SMILES string of the molecule is [B].c1ncc2[nH]cnc2n1. The number of rotatable bonds is 0. The van der Waals surface area contributed by atoms with E-state index in [1.54, 1.807) is 12.5 Å². The van der Waals surface area contributed by atoms with Crippen molar-refractivity contribution in [2.24, 2.45) is 0 Å². The van der Waals surface area contributed by atoms with Crippen LogP contribution in [0.5, 0.6) is 0 Å². The van der Waals surface area contributed by atoms with Gasteiger partial charge in [0.2, 0.25) is 0 Å². The Kier molecular flexibility index (Phi) is 1.66. The summed E-state index contributed by atoms with van der Waals surface area (Å²) in [6, 6.07) is 0. The lowest BCUT2D eigenvalue weighted by Gasteiger charge is -1.80. The number of nitrogens with one attached hydrogen (secondary N) is 1. The first kappa shape index (κ1) is 6.73. The van der Waals surface area contributed by atoms with E-state index in [0.717, 1.165) is 5.52 Å². The standard InChI is InChI=1S/C5H4N4.B/c1-4-5(8-2-6-1)9-3-7-4;/h1-3H,(H,6,7,8,9);. The highest BCUT2D eigenvalue weighted by Gasteiger charge is 1.91. The third-order valence-corrected chi connectivity index (χ3v) is 1.10. The van der Waals surface area contributed by atoms with Gasteiger partial charge in [0, 0.05) is 8.41 Å². The van der Waals surface area contributed by atoms with E-state index in [2.05, 4.69) is 19.9 Å². The molecular weight excluding hydrogens is 127 g/mol. The predicted octanol–water partition coefficient (Wildman–Crippen LogP) is -0.0279. The Bertz CT molecular complexity index is 288. The Balaban J connectivity index is 0.000000500. The second kappa shape index (κ2) is 2.47. The lowest BCUT2D eigenvalue weighted by molar-refractivity contribution is 1.20. The molecule has 1 N–H and O–H groups in total. The summed E-state index contributed by atoms with van der Waals surface area (Å²) in [5, 5.41) is 0. The zero-order valence-electron chi connectivity index (χ0n) is 5.15. The van der Waals surface area contributed by atoms with Crippen molar-refractivity contribution in [1.82, 2.24) is 19.9 Å². The van der Waals surface area contributed by atoms with Crippen molar-refractivity contribution >= 4 is 19.6 Å². The number of nitrogens with zero attached hydrogens (tertiary/aromatic N) is 3. The number of aromatic nitrogens is 4. The predicted molar refractivity (Wildman–Crippen MR) is 37.4 cm³/mol. The average Bonchev–Trinajstić information content (AvgIpc) is 2.33. The van der Waals surface area contributed by atoms with Gasteiger partial charge in [0.25, 0.3) is 0 Å². The molecule has 0 spiro atoms. The van der Waals surface area contributed by atoms with Crippen molar-refractivity contribution in [3.63, 3.8) is 0 Å². The van der Waals surface area contributed by atoms with E-state index in [-0.39, 0.29) is 8.41 Å². The summed E-state index contributed by atoms with van der Waals surface area (Å²) in [7, 11) is 0. The zero-order chi connectivity index (χ0) is 6.10. The molecule has 2 heterocycles. The number of imidazole rings is 1. The molecule has 47 valence electrons. The highest BCUT2D eigenvalue weighted by atomic mass is 15.0. The van der Waals surface area contributed by atoms with Gasteiger partial charge < -0.3 is 4.98 Å². The molecule has 0 aromatic carbocycles. The number of aromatic amines is 1. The second-order valence-corrected chi connectivity index (χ2v) is 1.66. The van der Waals surface area contributed by atoms with Crippen LogP contribution >= 0.6 is 0 Å². The third-order valence-electron chi connectivity index (χ3n) is 1.10. The maximum atomic E-state index is 3.91. The van der Waals surface area contributed by atoms with Gasteiger partial charge in [-0.25, -0.2) is 15.0 Å². The van der Waals surface area contributed by atoms with Gasteiger partial charge in [-0.3, -0.25) is 0 Å². The molecule has 0 saturated heterocycles. The minimum Gasteiger partial charge on any atom is -0.342 e. The molecule has 0 aliphatic carbocycles. The van der Waals surface area contributed by atoms with E-state index < -0.39 is 0 Å². The first-order chi connectivity index (χ1) is 4.47. The third kappa shape index (κ3) is 0.855. The van der Waals surface area contributed by atoms with Gasteiger partial charge in [-0.15, -0.1) is 0 Å². The molecular formula is C5H4BN4. The average molecular weight is 131 g/mol. The molecule has 0 amide bonds. The summed E-state index contributed by atoms with van der Waals surface area (Å²) < 4.78 is 0. The van der Waals surface area contributed by atoms with Crippen LogP contribution in [0.4, 0.5) is 0 Å². The molecule has 5 heteroatoms. The molecule has 0 fully saturated rings. The quantitative estimate of drug-likeness (QED) is 0.510. The van der Waals surface area contributed by atoms with Crippen molar-refractivity contribution in [1.29, 1.82) is 0 Å². The van der Waals surface area contributed by atoms with Crippen LogP contribution in [0.3, 0.4) is 0 Å². The van der Waals surface area contributed by atoms with Gasteiger partial charge in [-0.1, -0.05) is 0 Å². The largest absolute Gasteiger partial charge is 0.342 e. The molecule has 0 atom stereocenters. The van der Waals surface area contributed by atoms with E-state index >= 15 is 0 Å². The van der Waals surface area contributed by atoms with Crippen LogP contribution in [-0.4, -0.2) is 28.3 Å². The number of fused-ring (bicyclic) bond motifs is 1. The van der Waals surface area contributed by atoms with Gasteiger partial charge in [0.05, 0.1) is 12.5 Å². The van der Waals surface area contributed by atoms with Gasteiger partial charge in [0.1, 0.15) is 11.8 Å². The normalized spacial score (nSPS) is 9.20. The molecule has 4 nitrogen and oxygen atoms in total. The van der Waals surface area contributed by atoms with Crippen LogP contribution in [0.2, 0.25) is 0 Å². The van der Waals surface area contributed by atoms with Crippen molar-refractivity contribution in [2.45, 2.75) is 0 Å². The molecule has 2 aromatic rings. The van der Waals surface area contributed by atoms with Crippen LogP contribution in [0.25, 0.3) is 11.2 Å². The molecule has 0 saturated carbocycles. The lowest BCUT2D eigenvalue weighted by Crippen LogP contribution is -1.76. The monoisotopic (exact) mass is 131 g/mol. The minimum atomic E-state index is 0. The molecule has 0 aliphatic rings. The molecule has 0 bridgehead atoms. The van der Waals surface area contributed by atoms with E-state index in [1.807, 2.05) is 0 Å². The summed E-state index contributed by atoms with van der Waals surface area (Å²) in [4.78, 5) is 14.5. The number of hydrogen-bond acceptors (Lipinski definition) is 3. The van der Waals surface area contributed by atoms with Crippen molar-refractivity contribution in [3.05, 3.63) is 18.9 Å². The number of hydrogen-bond donors (Lipinski definition) is 1. The van der Waals surface area contributed by atoms with Gasteiger partial charge in [0.15, 0.2) is 5.65 Å². The van der Waals surface area contributed by atoms with E-state index in [1.165, 1.54) is 6.33 Å². The fraction of sp³-hybridized carbons (Fsp3) is 0. The van der Waals surface area contributed by atoms with Crippen LogP contribution in [0, 0.1) is 0 Å². The molecule has 2 aromatic heterocycles. The first-order valence-corrected chi connectivity index (χ1v) is 2.56. The van der Waals surface area contributed by atoms with E-state index in [9.17, 15) is 0 Å². The molecule has 3 radical (unpaired) electrons. The molecule has 2 rings (SSSR count). The molecule has 0 unspecified atom stereocenters. The van der Waals surface area contributed by atoms with Crippen LogP contribution in [0.1, 0.15) is 0 Å². The second-order valence-electron chi connectivity index (χ2n) is 1.66. The highest BCUT2D eigenvalue weighted by Crippen LogP contribution is 1.99. The minimum absolute atomic E-state index is 0. The Hall–Kier alpha value is -1.39. The van der Waals surface area contributed by atoms with E-state index in [4.69, 9.17) is 0 Å². The topological polar surface area (TPSA) is 54.5 Å². The number of H-pyrrole nitrogens is 1. The van der Waals surface area contributed by atoms with Gasteiger partial charge >= 0.3 is 0 Å². The zero-order valence-corrected chi connectivity index (χ0v) is 5.15. The Morgan fingerprint density at radius 3 is 3.00 bits per heavy atom. The van der Waals surface area contributed by atoms with E-state index in [0.29, 0.717) is 5.65 Å². The maximum absolute atomic E-state index is 3.91. The summed E-state index contributed by atoms with van der Waals surface area (Å²) >= 11 is 0. The fourth-order valence-electron chi connectivity index (χ4n) is 0.691. The van der Waals surface area contributed by atoms with Crippen molar-refractivity contribution in [3.8, 4) is 0 Å². The Morgan fingerprint density at radius 2 is 2.20 bits per heavy atom. The van der Waals surface area contributed by atoms with Crippen LogP contribution in [-0.2, 0) is 0 Å². The van der Waals surface area contributed by atoms with Crippen LogP contribution in [0.15, 0.2) is 18.9 Å². The molecule has 10 heavy (non-hydrogen) atoms. The summed E-state index contributed by atoms with van der Waals surface area (Å²) in [6.07, 6.45) is 4.76. The van der Waals surface area contributed by atoms with Crippen molar-refractivity contribution in [2.75, 3.05) is 0 Å². The van der Waals surface area contributed by atoms with Gasteiger partial charge in [-0.2, -0.15) is 0 Å². The summed E-state index contributed by atoms with van der Waals surface area (Å²) in [5.74, 6) is 0. The van der Waals surface area contributed by atoms with Crippen molar-refractivity contribution < 1.29 is 0 Å². The van der Waals surface area contributed by atoms with Gasteiger partial charge in [-0.05, 0) is 0 Å². The van der Waals surface area contributed by atoms with Crippen LogP contribution < -0.4 is 0 Å². The Labute approximate surface area is 59.3 Å². The highest BCUT2D eigenvalue weighted by molar-refractivity contribution is 5.75. The molecule has 0 aliphatic heterocycles. The maximum Gasteiger partial charge on any atom is 0.180 e. The fourth-order valence-corrected chi connectivity index (χ4v) is 0.691. The summed E-state index contributed by atoms with van der Waals surface area (Å²) in [6.45, 7) is 0. The Morgan fingerprint density at radius 1 is 1.30 bits per heavy atom. The smallest absolute Gasteiger partial charge is 0.180 e.